The van der Waals surface area contributed by atoms with Crippen LogP contribution in [0.4, 0.5) is 24.7 Å². The third kappa shape index (κ3) is 4.29. The molecule has 0 saturated carbocycles. The normalized spacial score (nSPS) is 13.0. The Bertz CT molecular complexity index is 1240. The second kappa shape index (κ2) is 7.77. The number of aromatic nitrogens is 2. The minimum absolute atomic E-state index is 0.0152. The van der Waals surface area contributed by atoms with Crippen molar-refractivity contribution in [2.24, 2.45) is 4.99 Å². The summed E-state index contributed by atoms with van der Waals surface area (Å²) in [5.74, 6) is 0.0681. The number of pyridine rings is 2. The van der Waals surface area contributed by atoms with Gasteiger partial charge >= 0.3 is 6.18 Å². The van der Waals surface area contributed by atoms with Gasteiger partial charge in [-0.3, -0.25) is 4.79 Å². The zero-order chi connectivity index (χ0) is 22.3. The second-order valence-electron chi connectivity index (χ2n) is 7.21. The predicted molar refractivity (Wildman–Crippen MR) is 112 cm³/mol. The Morgan fingerprint density at radius 2 is 1.90 bits per heavy atom. The van der Waals surface area contributed by atoms with E-state index in [0.29, 0.717) is 28.5 Å². The van der Waals surface area contributed by atoms with Gasteiger partial charge < -0.3 is 5.32 Å². The van der Waals surface area contributed by atoms with Crippen LogP contribution < -0.4 is 5.32 Å². The molecule has 1 aliphatic rings. The van der Waals surface area contributed by atoms with Crippen molar-refractivity contribution in [2.45, 2.75) is 26.4 Å². The Kier molecular flexibility index (Phi) is 5.26. The number of hydrogen-bond acceptors (Lipinski definition) is 4. The van der Waals surface area contributed by atoms with E-state index in [1.807, 2.05) is 13.0 Å². The summed E-state index contributed by atoms with van der Waals surface area (Å²) < 4.78 is 38.4. The summed E-state index contributed by atoms with van der Waals surface area (Å²) in [4.78, 5) is 25.0. The minimum Gasteiger partial charge on any atom is -0.322 e. The SMILES string of the molecule is Cc1cnc2c(c1)CC(c1cc(NC(=O)c3ccc(C(F)(F)F)nc3C)ccc1Cl)=N2. The molecule has 1 aromatic carbocycles. The number of halogens is 4. The fourth-order valence-electron chi connectivity index (χ4n) is 3.34. The third-order valence-electron chi connectivity index (χ3n) is 4.83. The van der Waals surface area contributed by atoms with Crippen LogP contribution in [0, 0.1) is 13.8 Å². The van der Waals surface area contributed by atoms with Crippen molar-refractivity contribution >= 4 is 34.7 Å². The summed E-state index contributed by atoms with van der Waals surface area (Å²) in [6.45, 7) is 3.31. The summed E-state index contributed by atoms with van der Waals surface area (Å²) in [5.41, 5.74) is 2.83. The van der Waals surface area contributed by atoms with Crippen LogP contribution in [0.1, 0.15) is 38.4 Å². The number of benzene rings is 1. The number of rotatable bonds is 3. The van der Waals surface area contributed by atoms with Gasteiger partial charge in [-0.2, -0.15) is 13.2 Å². The zero-order valence-electron chi connectivity index (χ0n) is 16.5. The molecule has 1 aliphatic heterocycles. The molecule has 0 atom stereocenters. The summed E-state index contributed by atoms with van der Waals surface area (Å²) in [6.07, 6.45) is -2.27. The van der Waals surface area contributed by atoms with Crippen LogP contribution in [0.3, 0.4) is 0 Å². The summed E-state index contributed by atoms with van der Waals surface area (Å²) in [7, 11) is 0. The highest BCUT2D eigenvalue weighted by Crippen LogP contribution is 2.31. The maximum atomic E-state index is 12.8. The lowest BCUT2D eigenvalue weighted by molar-refractivity contribution is -0.141. The van der Waals surface area contributed by atoms with Crippen LogP contribution in [0.25, 0.3) is 0 Å². The van der Waals surface area contributed by atoms with E-state index >= 15 is 0 Å². The van der Waals surface area contributed by atoms with Gasteiger partial charge in [0.05, 0.1) is 17.0 Å². The first-order valence-corrected chi connectivity index (χ1v) is 9.69. The average molecular weight is 445 g/mol. The zero-order valence-corrected chi connectivity index (χ0v) is 17.3. The van der Waals surface area contributed by atoms with E-state index in [0.717, 1.165) is 29.0 Å². The van der Waals surface area contributed by atoms with Gasteiger partial charge in [0, 0.05) is 34.5 Å². The molecule has 2 aromatic heterocycles. The van der Waals surface area contributed by atoms with Gasteiger partial charge in [-0.05, 0) is 49.7 Å². The molecule has 1 amide bonds. The first-order valence-electron chi connectivity index (χ1n) is 9.31. The third-order valence-corrected chi connectivity index (χ3v) is 5.16. The number of anilines is 1. The van der Waals surface area contributed by atoms with E-state index in [2.05, 4.69) is 20.3 Å². The van der Waals surface area contributed by atoms with Gasteiger partial charge in [0.1, 0.15) is 5.69 Å². The van der Waals surface area contributed by atoms with Crippen molar-refractivity contribution < 1.29 is 18.0 Å². The standard InChI is InChI=1S/C22H16ClF3N4O/c1-11-7-13-8-18(30-20(13)27-10-11)16-9-14(3-5-17(16)23)29-21(31)15-4-6-19(22(24,25)26)28-12(15)2/h3-7,9-10H,8H2,1-2H3,(H,29,31). The Balaban J connectivity index is 1.58. The smallest absolute Gasteiger partial charge is 0.322 e. The molecule has 4 rings (SSSR count). The Hall–Kier alpha value is -3.26. The van der Waals surface area contributed by atoms with Gasteiger partial charge in [-0.1, -0.05) is 17.7 Å². The van der Waals surface area contributed by atoms with Crippen LogP contribution in [0.2, 0.25) is 5.02 Å². The summed E-state index contributed by atoms with van der Waals surface area (Å²) in [6, 6.07) is 8.84. The van der Waals surface area contributed by atoms with Crippen LogP contribution in [-0.2, 0) is 12.6 Å². The number of aryl methyl sites for hydroxylation is 2. The first-order chi connectivity index (χ1) is 14.6. The Labute approximate surface area is 181 Å². The highest BCUT2D eigenvalue weighted by molar-refractivity contribution is 6.34. The van der Waals surface area contributed by atoms with E-state index in [-0.39, 0.29) is 11.3 Å². The van der Waals surface area contributed by atoms with Gasteiger partial charge in [-0.15, -0.1) is 0 Å². The average Bonchev–Trinajstić information content (AvgIpc) is 3.11. The van der Waals surface area contributed by atoms with E-state index in [1.54, 1.807) is 24.4 Å². The molecule has 9 heteroatoms. The quantitative estimate of drug-likeness (QED) is 0.564. The molecule has 0 saturated heterocycles. The fourth-order valence-corrected chi connectivity index (χ4v) is 3.56. The molecule has 3 aromatic rings. The maximum Gasteiger partial charge on any atom is 0.433 e. The number of carbonyl (C=O) groups excluding carboxylic acids is 1. The van der Waals surface area contributed by atoms with Crippen molar-refractivity contribution in [1.29, 1.82) is 0 Å². The number of nitrogens with zero attached hydrogens (tertiary/aromatic N) is 3. The predicted octanol–water partition coefficient (Wildman–Crippen LogP) is 5.69. The summed E-state index contributed by atoms with van der Waals surface area (Å²) in [5, 5.41) is 3.16. The lowest BCUT2D eigenvalue weighted by Crippen LogP contribution is -2.17. The molecule has 158 valence electrons. The lowest BCUT2D eigenvalue weighted by atomic mass is 10.0. The van der Waals surface area contributed by atoms with Gasteiger partial charge in [0.15, 0.2) is 5.82 Å². The van der Waals surface area contributed by atoms with Gasteiger partial charge in [-0.25, -0.2) is 15.0 Å². The molecule has 0 radical (unpaired) electrons. The molecule has 0 fully saturated rings. The maximum absolute atomic E-state index is 12.8. The number of fused-ring (bicyclic) bond motifs is 1. The van der Waals surface area contributed by atoms with Crippen LogP contribution >= 0.6 is 11.6 Å². The van der Waals surface area contributed by atoms with Crippen molar-refractivity contribution in [3.63, 3.8) is 0 Å². The number of hydrogen-bond donors (Lipinski definition) is 1. The highest BCUT2D eigenvalue weighted by atomic mass is 35.5. The largest absolute Gasteiger partial charge is 0.433 e. The molecule has 0 spiro atoms. The van der Waals surface area contributed by atoms with Gasteiger partial charge in [0.2, 0.25) is 0 Å². The van der Waals surface area contributed by atoms with Crippen molar-refractivity contribution in [2.75, 3.05) is 5.32 Å². The molecule has 0 unspecified atom stereocenters. The van der Waals surface area contributed by atoms with Crippen molar-refractivity contribution in [1.82, 2.24) is 9.97 Å². The second-order valence-corrected chi connectivity index (χ2v) is 7.61. The van der Waals surface area contributed by atoms with E-state index in [4.69, 9.17) is 11.6 Å². The van der Waals surface area contributed by atoms with Crippen molar-refractivity contribution in [3.8, 4) is 0 Å². The van der Waals surface area contributed by atoms with E-state index < -0.39 is 17.8 Å². The summed E-state index contributed by atoms with van der Waals surface area (Å²) >= 11 is 6.36. The van der Waals surface area contributed by atoms with E-state index in [1.165, 1.54) is 6.92 Å². The minimum atomic E-state index is -4.57. The topological polar surface area (TPSA) is 67.2 Å². The molecular formula is C22H16ClF3N4O. The number of aliphatic imine (C=N–C) groups is 1. The van der Waals surface area contributed by atoms with Crippen LogP contribution in [-0.4, -0.2) is 21.6 Å². The fraction of sp³-hybridized carbons (Fsp3) is 0.182. The molecule has 0 bridgehead atoms. The molecule has 0 aliphatic carbocycles. The highest BCUT2D eigenvalue weighted by Gasteiger charge is 2.33. The van der Waals surface area contributed by atoms with E-state index in [9.17, 15) is 18.0 Å². The lowest BCUT2D eigenvalue weighted by Gasteiger charge is -2.12. The monoisotopic (exact) mass is 444 g/mol. The number of nitrogens with one attached hydrogen (secondary N) is 1. The molecular weight excluding hydrogens is 429 g/mol. The van der Waals surface area contributed by atoms with Gasteiger partial charge in [0.25, 0.3) is 5.91 Å². The van der Waals surface area contributed by atoms with Crippen LogP contribution in [0.15, 0.2) is 47.6 Å². The number of alkyl halides is 3. The Morgan fingerprint density at radius 1 is 1.13 bits per heavy atom. The Morgan fingerprint density at radius 3 is 2.61 bits per heavy atom. The molecule has 5 nitrogen and oxygen atoms in total. The number of amides is 1. The van der Waals surface area contributed by atoms with Crippen LogP contribution in [0.5, 0.6) is 0 Å². The molecule has 31 heavy (non-hydrogen) atoms. The number of carbonyl (C=O) groups is 1. The van der Waals surface area contributed by atoms with Crippen molar-refractivity contribution in [3.05, 3.63) is 81.3 Å². The molecule has 3 heterocycles. The first kappa shape index (κ1) is 21.0. The molecule has 1 N–H and O–H groups in total.